The molecule has 1 unspecified atom stereocenters. The van der Waals surface area contributed by atoms with Crippen LogP contribution in [0.3, 0.4) is 0 Å². The van der Waals surface area contributed by atoms with E-state index in [0.29, 0.717) is 5.56 Å². The van der Waals surface area contributed by atoms with Crippen LogP contribution < -0.4 is 5.32 Å². The van der Waals surface area contributed by atoms with Gasteiger partial charge in [0, 0.05) is 12.6 Å². The molecule has 0 saturated heterocycles. The van der Waals surface area contributed by atoms with Crippen LogP contribution in [0, 0.1) is 0 Å². The molecule has 6 heteroatoms. The lowest BCUT2D eigenvalue weighted by Crippen LogP contribution is -2.45. The second kappa shape index (κ2) is 7.28. The van der Waals surface area contributed by atoms with E-state index in [1.165, 1.54) is 11.9 Å². The molecule has 0 aliphatic carbocycles. The second-order valence-electron chi connectivity index (χ2n) is 4.39. The van der Waals surface area contributed by atoms with Crippen LogP contribution in [-0.2, 0) is 9.59 Å². The third kappa shape index (κ3) is 4.38. The Labute approximate surface area is 117 Å². The van der Waals surface area contributed by atoms with Gasteiger partial charge >= 0.3 is 5.97 Å². The van der Waals surface area contributed by atoms with Crippen molar-refractivity contribution in [2.24, 2.45) is 0 Å². The number of nitrogens with zero attached hydrogens (tertiary/aromatic N) is 1. The highest BCUT2D eigenvalue weighted by Gasteiger charge is 2.20. The molecule has 1 aromatic carbocycles. The van der Waals surface area contributed by atoms with E-state index in [1.54, 1.807) is 37.3 Å². The van der Waals surface area contributed by atoms with E-state index in [1.807, 2.05) is 0 Å². The smallest absolute Gasteiger partial charge is 0.326 e. The molecule has 6 nitrogen and oxygen atoms in total. The number of hydrogen-bond acceptors (Lipinski definition) is 3. The Balaban J connectivity index is 2.57. The van der Waals surface area contributed by atoms with E-state index < -0.39 is 17.9 Å². The molecule has 1 atom stereocenters. The van der Waals surface area contributed by atoms with E-state index in [9.17, 15) is 14.4 Å². The molecule has 1 aromatic rings. The van der Waals surface area contributed by atoms with Crippen LogP contribution in [0.4, 0.5) is 0 Å². The minimum atomic E-state index is -1.09. The molecule has 0 heterocycles. The highest BCUT2D eigenvalue weighted by molar-refractivity contribution is 5.96. The summed E-state index contributed by atoms with van der Waals surface area (Å²) in [4.78, 5) is 35.8. The Morgan fingerprint density at radius 1 is 1.25 bits per heavy atom. The zero-order valence-corrected chi connectivity index (χ0v) is 11.5. The molecule has 108 valence electrons. The van der Waals surface area contributed by atoms with Gasteiger partial charge in [0.05, 0.1) is 6.54 Å². The molecule has 0 saturated carbocycles. The van der Waals surface area contributed by atoms with Crippen LogP contribution in [0.15, 0.2) is 30.3 Å². The van der Waals surface area contributed by atoms with Gasteiger partial charge in [-0.1, -0.05) is 25.1 Å². The topological polar surface area (TPSA) is 86.7 Å². The van der Waals surface area contributed by atoms with Crippen molar-refractivity contribution < 1.29 is 19.5 Å². The molecule has 20 heavy (non-hydrogen) atoms. The van der Waals surface area contributed by atoms with E-state index in [2.05, 4.69) is 5.32 Å². The van der Waals surface area contributed by atoms with Crippen molar-refractivity contribution in [2.75, 3.05) is 13.6 Å². The predicted molar refractivity (Wildman–Crippen MR) is 73.3 cm³/mol. The monoisotopic (exact) mass is 278 g/mol. The van der Waals surface area contributed by atoms with Crippen LogP contribution in [0.5, 0.6) is 0 Å². The number of benzene rings is 1. The number of likely N-dealkylation sites (N-methyl/N-ethyl adjacent to an activating group) is 1. The second-order valence-corrected chi connectivity index (χ2v) is 4.39. The summed E-state index contributed by atoms with van der Waals surface area (Å²) in [6, 6.07) is 7.65. The van der Waals surface area contributed by atoms with Gasteiger partial charge in [-0.3, -0.25) is 9.59 Å². The number of carbonyl (C=O) groups excluding carboxylic acids is 2. The SMILES string of the molecule is CCC(NC(=O)CN(C)C(=O)c1ccccc1)C(=O)O. The van der Waals surface area contributed by atoms with Crippen molar-refractivity contribution in [3.8, 4) is 0 Å². The number of hydrogen-bond donors (Lipinski definition) is 2. The maximum absolute atomic E-state index is 12.0. The molecule has 0 fully saturated rings. The zero-order chi connectivity index (χ0) is 15.1. The number of amides is 2. The summed E-state index contributed by atoms with van der Waals surface area (Å²) in [5.74, 6) is -1.87. The van der Waals surface area contributed by atoms with Gasteiger partial charge in [0.2, 0.25) is 5.91 Å². The number of carbonyl (C=O) groups is 3. The van der Waals surface area contributed by atoms with Crippen LogP contribution in [0.25, 0.3) is 0 Å². The maximum Gasteiger partial charge on any atom is 0.326 e. The fourth-order valence-corrected chi connectivity index (χ4v) is 1.67. The molecule has 0 aromatic heterocycles. The maximum atomic E-state index is 12.0. The normalized spacial score (nSPS) is 11.5. The summed E-state index contributed by atoms with van der Waals surface area (Å²) < 4.78 is 0. The Morgan fingerprint density at radius 2 is 1.85 bits per heavy atom. The fraction of sp³-hybridized carbons (Fsp3) is 0.357. The molecule has 2 amide bonds. The van der Waals surface area contributed by atoms with Crippen LogP contribution in [0.1, 0.15) is 23.7 Å². The fourth-order valence-electron chi connectivity index (χ4n) is 1.67. The third-order valence-corrected chi connectivity index (χ3v) is 2.79. The summed E-state index contributed by atoms with van der Waals surface area (Å²) in [6.45, 7) is 1.48. The highest BCUT2D eigenvalue weighted by Crippen LogP contribution is 2.02. The molecule has 0 spiro atoms. The molecule has 0 bridgehead atoms. The van der Waals surface area contributed by atoms with E-state index in [-0.39, 0.29) is 18.9 Å². The average Bonchev–Trinajstić information content (AvgIpc) is 2.44. The van der Waals surface area contributed by atoms with Gasteiger partial charge < -0.3 is 15.3 Å². The molecule has 0 aliphatic heterocycles. The van der Waals surface area contributed by atoms with Gasteiger partial charge in [-0.2, -0.15) is 0 Å². The summed E-state index contributed by atoms with van der Waals surface area (Å²) in [5, 5.41) is 11.2. The molecule has 0 aliphatic rings. The van der Waals surface area contributed by atoms with Gasteiger partial charge in [-0.05, 0) is 18.6 Å². The van der Waals surface area contributed by atoms with Gasteiger partial charge in [0.1, 0.15) is 6.04 Å². The standard InChI is InChI=1S/C14H18N2O4/c1-3-11(14(19)20)15-12(17)9-16(2)13(18)10-7-5-4-6-8-10/h4-8,11H,3,9H2,1-2H3,(H,15,17)(H,19,20). The van der Waals surface area contributed by atoms with Gasteiger partial charge in [0.25, 0.3) is 5.91 Å². The first-order chi connectivity index (χ1) is 9.45. The number of rotatable bonds is 6. The number of aliphatic carboxylic acids is 1. The largest absolute Gasteiger partial charge is 0.480 e. The third-order valence-electron chi connectivity index (χ3n) is 2.79. The van der Waals surface area contributed by atoms with Crippen LogP contribution >= 0.6 is 0 Å². The number of carboxylic acid groups (broad SMARTS) is 1. The lowest BCUT2D eigenvalue weighted by Gasteiger charge is -2.18. The quantitative estimate of drug-likeness (QED) is 0.803. The van der Waals surface area contributed by atoms with Crippen molar-refractivity contribution in [1.82, 2.24) is 10.2 Å². The van der Waals surface area contributed by atoms with Gasteiger partial charge in [0.15, 0.2) is 0 Å². The molecular formula is C14H18N2O4. The number of nitrogens with one attached hydrogen (secondary N) is 1. The summed E-state index contributed by atoms with van der Waals surface area (Å²) >= 11 is 0. The van der Waals surface area contributed by atoms with Crippen LogP contribution in [0.2, 0.25) is 0 Å². The first-order valence-electron chi connectivity index (χ1n) is 6.28. The van der Waals surface area contributed by atoms with E-state index >= 15 is 0 Å². The minimum Gasteiger partial charge on any atom is -0.480 e. The molecule has 2 N–H and O–H groups in total. The van der Waals surface area contributed by atoms with Crippen molar-refractivity contribution in [3.05, 3.63) is 35.9 Å². The lowest BCUT2D eigenvalue weighted by atomic mass is 10.2. The van der Waals surface area contributed by atoms with Crippen molar-refractivity contribution in [2.45, 2.75) is 19.4 Å². The summed E-state index contributed by atoms with van der Waals surface area (Å²) in [6.07, 6.45) is 0.289. The van der Waals surface area contributed by atoms with Gasteiger partial charge in [-0.15, -0.1) is 0 Å². The predicted octanol–water partition coefficient (Wildman–Crippen LogP) is 0.738. The number of carboxylic acids is 1. The molecule has 0 radical (unpaired) electrons. The lowest BCUT2D eigenvalue weighted by molar-refractivity contribution is -0.141. The minimum absolute atomic E-state index is 0.183. The Morgan fingerprint density at radius 3 is 2.35 bits per heavy atom. The van der Waals surface area contributed by atoms with Crippen LogP contribution in [-0.4, -0.2) is 47.4 Å². The Kier molecular flexibility index (Phi) is 5.71. The zero-order valence-electron chi connectivity index (χ0n) is 11.5. The Hall–Kier alpha value is -2.37. The van der Waals surface area contributed by atoms with Gasteiger partial charge in [-0.25, -0.2) is 4.79 Å². The van der Waals surface area contributed by atoms with Crippen molar-refractivity contribution in [1.29, 1.82) is 0 Å². The van der Waals surface area contributed by atoms with E-state index in [4.69, 9.17) is 5.11 Å². The first-order valence-corrected chi connectivity index (χ1v) is 6.28. The first kappa shape index (κ1) is 15.7. The van der Waals surface area contributed by atoms with E-state index in [0.717, 1.165) is 0 Å². The Bertz CT molecular complexity index is 487. The van der Waals surface area contributed by atoms with Crippen molar-refractivity contribution in [3.63, 3.8) is 0 Å². The summed E-state index contributed by atoms with van der Waals surface area (Å²) in [5.41, 5.74) is 0.480. The molecule has 1 rings (SSSR count). The summed E-state index contributed by atoms with van der Waals surface area (Å²) in [7, 11) is 1.50. The molecular weight excluding hydrogens is 260 g/mol. The average molecular weight is 278 g/mol. The van der Waals surface area contributed by atoms with Crippen molar-refractivity contribution >= 4 is 17.8 Å². The highest BCUT2D eigenvalue weighted by atomic mass is 16.4.